The zero-order valence-corrected chi connectivity index (χ0v) is 16.0. The van der Waals surface area contributed by atoms with Crippen molar-refractivity contribution in [2.45, 2.75) is 49.2 Å². The molecule has 0 spiro atoms. The lowest BCUT2D eigenvalue weighted by molar-refractivity contribution is 0.620. The van der Waals surface area contributed by atoms with E-state index < -0.39 is 0 Å². The van der Waals surface area contributed by atoms with Gasteiger partial charge in [-0.1, -0.05) is 65.0 Å². The van der Waals surface area contributed by atoms with Crippen molar-refractivity contribution in [1.82, 2.24) is 0 Å². The molecule has 2 aromatic carbocycles. The highest BCUT2D eigenvalue weighted by molar-refractivity contribution is 9.09. The van der Waals surface area contributed by atoms with Crippen LogP contribution in [0.3, 0.4) is 0 Å². The van der Waals surface area contributed by atoms with Gasteiger partial charge in [-0.15, -0.1) is 11.8 Å². The van der Waals surface area contributed by atoms with E-state index in [0.717, 1.165) is 11.8 Å². The molecule has 0 aliphatic carbocycles. The average Bonchev–Trinajstić information content (AvgIpc) is 2.56. The van der Waals surface area contributed by atoms with Crippen LogP contribution >= 0.6 is 27.7 Å². The van der Waals surface area contributed by atoms with E-state index >= 15 is 0 Å². The first-order valence-corrected chi connectivity index (χ1v) is 10.2. The molecule has 0 nitrogen and oxygen atoms in total. The number of benzene rings is 2. The van der Waals surface area contributed by atoms with E-state index in [9.17, 15) is 4.39 Å². The molecule has 0 N–H and O–H groups in total. The molecule has 2 rings (SSSR count). The quantitative estimate of drug-likeness (QED) is 0.244. The van der Waals surface area contributed by atoms with Crippen LogP contribution in [0.2, 0.25) is 0 Å². The molecule has 0 aromatic heterocycles. The first kappa shape index (κ1) is 18.5. The van der Waals surface area contributed by atoms with Gasteiger partial charge >= 0.3 is 0 Å². The van der Waals surface area contributed by atoms with Gasteiger partial charge in [0, 0.05) is 15.5 Å². The van der Waals surface area contributed by atoms with Crippen LogP contribution in [0.15, 0.2) is 53.4 Å². The summed E-state index contributed by atoms with van der Waals surface area (Å²) >= 11 is 5.37. The molecule has 0 amide bonds. The second-order valence-electron chi connectivity index (χ2n) is 5.86. The fraction of sp³-hybridized carbons (Fsp3) is 0.400. The molecule has 2 aromatic rings. The predicted molar refractivity (Wildman–Crippen MR) is 103 cm³/mol. The minimum atomic E-state index is -0.162. The first-order chi connectivity index (χ1) is 11.2. The minimum Gasteiger partial charge on any atom is -0.207 e. The van der Waals surface area contributed by atoms with E-state index in [4.69, 9.17) is 0 Å². The molecule has 0 saturated carbocycles. The monoisotopic (exact) mass is 394 g/mol. The van der Waals surface area contributed by atoms with Crippen molar-refractivity contribution in [3.8, 4) is 0 Å². The van der Waals surface area contributed by atoms with Crippen LogP contribution in [0, 0.1) is 12.7 Å². The lowest BCUT2D eigenvalue weighted by Crippen LogP contribution is -1.95. The van der Waals surface area contributed by atoms with Crippen molar-refractivity contribution in [3.05, 3.63) is 65.5 Å². The van der Waals surface area contributed by atoms with E-state index in [0.29, 0.717) is 5.25 Å². The molecule has 0 aliphatic rings. The SMILES string of the molecule is Cc1ccc(S[C@H](CCCCCCBr)c2ccc(F)cc2)cc1. The smallest absolute Gasteiger partial charge is 0.123 e. The standard InChI is InChI=1S/C20H24BrFS/c1-16-7-13-19(14-8-16)23-20(6-4-2-3-5-15-21)17-9-11-18(22)12-10-17/h7-14,20H,2-6,15H2,1H3/t20-/m1/s1. The highest BCUT2D eigenvalue weighted by atomic mass is 79.9. The van der Waals surface area contributed by atoms with Crippen molar-refractivity contribution < 1.29 is 4.39 Å². The molecule has 0 aliphatic heterocycles. The van der Waals surface area contributed by atoms with E-state index in [1.807, 2.05) is 23.9 Å². The van der Waals surface area contributed by atoms with Gasteiger partial charge in [0.25, 0.3) is 0 Å². The van der Waals surface area contributed by atoms with E-state index in [1.54, 1.807) is 12.1 Å². The molecular formula is C20H24BrFS. The Morgan fingerprint density at radius 3 is 2.22 bits per heavy atom. The van der Waals surface area contributed by atoms with Gasteiger partial charge in [-0.05, 0) is 49.6 Å². The van der Waals surface area contributed by atoms with Crippen molar-refractivity contribution in [2.24, 2.45) is 0 Å². The Bertz CT molecular complexity index is 565. The zero-order chi connectivity index (χ0) is 16.5. The lowest BCUT2D eigenvalue weighted by Gasteiger charge is -2.17. The summed E-state index contributed by atoms with van der Waals surface area (Å²) in [6, 6.07) is 15.7. The summed E-state index contributed by atoms with van der Waals surface area (Å²) in [5, 5.41) is 1.48. The van der Waals surface area contributed by atoms with Gasteiger partial charge in [0.05, 0.1) is 0 Å². The number of unbranched alkanes of at least 4 members (excludes halogenated alkanes) is 3. The molecule has 3 heteroatoms. The molecule has 0 bridgehead atoms. The number of hydrogen-bond acceptors (Lipinski definition) is 1. The fourth-order valence-corrected chi connectivity index (χ4v) is 4.13. The highest BCUT2D eigenvalue weighted by Gasteiger charge is 2.13. The Hall–Kier alpha value is -0.800. The second-order valence-corrected chi connectivity index (χ2v) is 7.93. The maximum atomic E-state index is 13.2. The topological polar surface area (TPSA) is 0 Å². The summed E-state index contributed by atoms with van der Waals surface area (Å²) in [5.74, 6) is -0.162. The fourth-order valence-electron chi connectivity index (χ4n) is 2.53. The average molecular weight is 395 g/mol. The van der Waals surface area contributed by atoms with Gasteiger partial charge in [0.15, 0.2) is 0 Å². The highest BCUT2D eigenvalue weighted by Crippen LogP contribution is 2.39. The maximum Gasteiger partial charge on any atom is 0.123 e. The van der Waals surface area contributed by atoms with Gasteiger partial charge in [-0.3, -0.25) is 0 Å². The van der Waals surface area contributed by atoms with Crippen molar-refractivity contribution >= 4 is 27.7 Å². The Labute approximate surface area is 152 Å². The molecule has 0 heterocycles. The maximum absolute atomic E-state index is 13.2. The Morgan fingerprint density at radius 2 is 1.57 bits per heavy atom. The van der Waals surface area contributed by atoms with Gasteiger partial charge < -0.3 is 0 Å². The molecule has 0 saturated heterocycles. The lowest BCUT2D eigenvalue weighted by atomic mass is 10.0. The molecule has 0 radical (unpaired) electrons. The van der Waals surface area contributed by atoms with Crippen molar-refractivity contribution in [2.75, 3.05) is 5.33 Å². The van der Waals surface area contributed by atoms with E-state index in [2.05, 4.69) is 47.1 Å². The molecule has 0 fully saturated rings. The van der Waals surface area contributed by atoms with E-state index in [-0.39, 0.29) is 5.82 Å². The van der Waals surface area contributed by atoms with Crippen molar-refractivity contribution in [1.29, 1.82) is 0 Å². The molecule has 0 unspecified atom stereocenters. The summed E-state index contributed by atoms with van der Waals surface area (Å²) in [5.41, 5.74) is 2.50. The largest absolute Gasteiger partial charge is 0.207 e. The normalized spacial score (nSPS) is 12.3. The van der Waals surface area contributed by atoms with Crippen molar-refractivity contribution in [3.63, 3.8) is 0 Å². The third-order valence-corrected chi connectivity index (χ3v) is 5.79. The summed E-state index contributed by atoms with van der Waals surface area (Å²) < 4.78 is 13.2. The number of thioether (sulfide) groups is 1. The number of rotatable bonds is 9. The van der Waals surface area contributed by atoms with E-state index in [1.165, 1.54) is 41.7 Å². The van der Waals surface area contributed by atoms with Crippen LogP contribution in [0.25, 0.3) is 0 Å². The van der Waals surface area contributed by atoms with Gasteiger partial charge in [-0.25, -0.2) is 4.39 Å². The molecular weight excluding hydrogens is 371 g/mol. The van der Waals surface area contributed by atoms with Crippen LogP contribution < -0.4 is 0 Å². The number of alkyl halides is 1. The molecule has 23 heavy (non-hydrogen) atoms. The number of hydrogen-bond donors (Lipinski definition) is 0. The summed E-state index contributed by atoms with van der Waals surface area (Å²) in [4.78, 5) is 1.28. The second kappa shape index (κ2) is 10.1. The third kappa shape index (κ3) is 6.68. The molecule has 124 valence electrons. The number of halogens is 2. The van der Waals surface area contributed by atoms with Gasteiger partial charge in [0.2, 0.25) is 0 Å². The summed E-state index contributed by atoms with van der Waals surface area (Å²) in [6.45, 7) is 2.11. The first-order valence-electron chi connectivity index (χ1n) is 8.24. The Morgan fingerprint density at radius 1 is 0.913 bits per heavy atom. The summed E-state index contributed by atoms with van der Waals surface area (Å²) in [7, 11) is 0. The van der Waals surface area contributed by atoms with Crippen LogP contribution in [-0.2, 0) is 0 Å². The third-order valence-electron chi connectivity index (χ3n) is 3.89. The Kier molecular flexibility index (Phi) is 8.18. The van der Waals surface area contributed by atoms with Crippen LogP contribution in [0.4, 0.5) is 4.39 Å². The zero-order valence-electron chi connectivity index (χ0n) is 13.6. The predicted octanol–water partition coefficient (Wildman–Crippen LogP) is 7.31. The summed E-state index contributed by atoms with van der Waals surface area (Å²) in [6.07, 6.45) is 6.13. The van der Waals surface area contributed by atoms with Crippen LogP contribution in [0.1, 0.15) is 48.5 Å². The minimum absolute atomic E-state index is 0.162. The van der Waals surface area contributed by atoms with Gasteiger partial charge in [0.1, 0.15) is 5.82 Å². The molecule has 1 atom stereocenters. The van der Waals surface area contributed by atoms with Gasteiger partial charge in [-0.2, -0.15) is 0 Å². The van der Waals surface area contributed by atoms with Crippen LogP contribution in [-0.4, -0.2) is 5.33 Å². The number of aryl methyl sites for hydroxylation is 1. The Balaban J connectivity index is 2.01. The van der Waals surface area contributed by atoms with Crippen LogP contribution in [0.5, 0.6) is 0 Å².